The normalized spacial score (nSPS) is 12.6. The van der Waals surface area contributed by atoms with Gasteiger partial charge in [0.05, 0.1) is 19.8 Å². The van der Waals surface area contributed by atoms with E-state index in [4.69, 9.17) is 15.6 Å². The van der Waals surface area contributed by atoms with Crippen molar-refractivity contribution in [3.05, 3.63) is 29.3 Å². The van der Waals surface area contributed by atoms with E-state index in [1.165, 1.54) is 7.11 Å². The van der Waals surface area contributed by atoms with Crippen LogP contribution in [0.5, 0.6) is 5.75 Å². The fourth-order valence-corrected chi connectivity index (χ4v) is 1.18. The average molecular weight is 203 g/mol. The Bertz CT molecular complexity index is 331. The lowest BCUT2D eigenvalue weighted by atomic mass is 10.1. The van der Waals surface area contributed by atoms with Crippen molar-refractivity contribution in [2.45, 2.75) is 6.04 Å². The van der Waals surface area contributed by atoms with Crippen LogP contribution in [-0.2, 0) is 0 Å². The van der Waals surface area contributed by atoms with Gasteiger partial charge in [0.2, 0.25) is 0 Å². The van der Waals surface area contributed by atoms with Gasteiger partial charge in [-0.2, -0.15) is 0 Å². The number of aliphatic hydroxyl groups excluding tert-OH is 1. The highest BCUT2D eigenvalue weighted by Crippen LogP contribution is 2.27. The molecule has 0 amide bonds. The van der Waals surface area contributed by atoms with E-state index in [1.807, 2.05) is 0 Å². The van der Waals surface area contributed by atoms with Gasteiger partial charge in [0, 0.05) is 17.7 Å². The van der Waals surface area contributed by atoms with Crippen molar-refractivity contribution in [3.8, 4) is 5.75 Å². The molecule has 3 N–H and O–H groups in total. The molecular weight excluding hydrogens is 192 g/mol. The topological polar surface area (TPSA) is 55.5 Å². The van der Waals surface area contributed by atoms with Crippen molar-refractivity contribution in [1.29, 1.82) is 0 Å². The number of rotatable bonds is 3. The molecule has 1 rings (SSSR count). The Kier molecular flexibility index (Phi) is 3.38. The Morgan fingerprint density at radius 3 is 2.64 bits per heavy atom. The molecule has 1 unspecified atom stereocenters. The molecule has 3 nitrogen and oxygen atoms in total. The van der Waals surface area contributed by atoms with E-state index in [1.54, 1.807) is 0 Å². The summed E-state index contributed by atoms with van der Waals surface area (Å²) in [6.07, 6.45) is 0. The molecule has 14 heavy (non-hydrogen) atoms. The summed E-state index contributed by atoms with van der Waals surface area (Å²) in [6.45, 7) is -0.432. The molecule has 0 bridgehead atoms. The Morgan fingerprint density at radius 2 is 2.14 bits per heavy atom. The van der Waals surface area contributed by atoms with Gasteiger partial charge in [0.1, 0.15) is 17.4 Å². The maximum atomic E-state index is 13.2. The van der Waals surface area contributed by atoms with Gasteiger partial charge >= 0.3 is 0 Å². The highest BCUT2D eigenvalue weighted by atomic mass is 19.1. The van der Waals surface area contributed by atoms with E-state index >= 15 is 0 Å². The number of ether oxygens (including phenoxy) is 1. The van der Waals surface area contributed by atoms with Crippen LogP contribution in [0.4, 0.5) is 8.78 Å². The second-order valence-electron chi connectivity index (χ2n) is 2.79. The SMILES string of the molecule is COc1cc(F)cc(F)c1C(N)CO. The third kappa shape index (κ3) is 2.00. The predicted octanol–water partition coefficient (Wildman–Crippen LogP) is 0.966. The summed E-state index contributed by atoms with van der Waals surface area (Å²) in [7, 11) is 1.28. The molecule has 0 aliphatic carbocycles. The molecule has 0 saturated heterocycles. The largest absolute Gasteiger partial charge is 0.496 e. The first-order valence-electron chi connectivity index (χ1n) is 3.99. The minimum absolute atomic E-state index is 0.00375. The summed E-state index contributed by atoms with van der Waals surface area (Å²) in [5, 5.41) is 8.76. The number of halogens is 2. The smallest absolute Gasteiger partial charge is 0.134 e. The third-order valence-corrected chi connectivity index (χ3v) is 1.84. The van der Waals surface area contributed by atoms with E-state index in [-0.39, 0.29) is 11.3 Å². The van der Waals surface area contributed by atoms with Crippen LogP contribution in [0.2, 0.25) is 0 Å². The van der Waals surface area contributed by atoms with Gasteiger partial charge in [0.25, 0.3) is 0 Å². The zero-order chi connectivity index (χ0) is 10.7. The van der Waals surface area contributed by atoms with Gasteiger partial charge < -0.3 is 15.6 Å². The molecule has 78 valence electrons. The average Bonchev–Trinajstić information content (AvgIpc) is 2.15. The van der Waals surface area contributed by atoms with Crippen LogP contribution in [0.3, 0.4) is 0 Å². The Hall–Kier alpha value is -1.20. The lowest BCUT2D eigenvalue weighted by Gasteiger charge is -2.14. The summed E-state index contributed by atoms with van der Waals surface area (Å²) in [4.78, 5) is 0. The molecule has 0 aliphatic heterocycles. The van der Waals surface area contributed by atoms with E-state index in [2.05, 4.69) is 0 Å². The first-order valence-corrected chi connectivity index (χ1v) is 3.99. The molecule has 1 atom stereocenters. The molecule has 0 spiro atoms. The van der Waals surface area contributed by atoms with Gasteiger partial charge in [-0.05, 0) is 0 Å². The van der Waals surface area contributed by atoms with Gasteiger partial charge in [0.15, 0.2) is 0 Å². The Labute approximate surface area is 80.1 Å². The van der Waals surface area contributed by atoms with Crippen molar-refractivity contribution in [2.24, 2.45) is 5.73 Å². The van der Waals surface area contributed by atoms with Crippen LogP contribution in [-0.4, -0.2) is 18.8 Å². The molecule has 0 radical (unpaired) electrons. The number of hydrogen-bond donors (Lipinski definition) is 2. The van der Waals surface area contributed by atoms with Crippen molar-refractivity contribution < 1.29 is 18.6 Å². The maximum Gasteiger partial charge on any atom is 0.134 e. The van der Waals surface area contributed by atoms with Crippen LogP contribution in [0, 0.1) is 11.6 Å². The first kappa shape index (κ1) is 10.9. The molecule has 5 heteroatoms. The van der Waals surface area contributed by atoms with Crippen LogP contribution in [0.25, 0.3) is 0 Å². The summed E-state index contributed by atoms with van der Waals surface area (Å²) < 4.78 is 30.7. The minimum Gasteiger partial charge on any atom is -0.496 e. The van der Waals surface area contributed by atoms with Crippen LogP contribution >= 0.6 is 0 Å². The van der Waals surface area contributed by atoms with Gasteiger partial charge in [-0.3, -0.25) is 0 Å². The molecule has 0 saturated carbocycles. The molecule has 1 aromatic rings. The number of benzene rings is 1. The van der Waals surface area contributed by atoms with Crippen molar-refractivity contribution in [3.63, 3.8) is 0 Å². The van der Waals surface area contributed by atoms with Crippen molar-refractivity contribution >= 4 is 0 Å². The lowest BCUT2D eigenvalue weighted by Crippen LogP contribution is -2.17. The Balaban J connectivity index is 3.24. The molecule has 0 aromatic heterocycles. The second-order valence-corrected chi connectivity index (χ2v) is 2.79. The number of nitrogens with two attached hydrogens (primary N) is 1. The molecule has 0 heterocycles. The monoisotopic (exact) mass is 203 g/mol. The molecule has 0 fully saturated rings. The lowest BCUT2D eigenvalue weighted by molar-refractivity contribution is 0.261. The van der Waals surface area contributed by atoms with Crippen LogP contribution < -0.4 is 10.5 Å². The minimum atomic E-state index is -0.912. The van der Waals surface area contributed by atoms with Crippen molar-refractivity contribution in [1.82, 2.24) is 0 Å². The maximum absolute atomic E-state index is 13.2. The first-order chi connectivity index (χ1) is 6.60. The number of aliphatic hydroxyl groups is 1. The van der Waals surface area contributed by atoms with E-state index in [0.29, 0.717) is 6.07 Å². The quantitative estimate of drug-likeness (QED) is 0.769. The summed E-state index contributed by atoms with van der Waals surface area (Å²) >= 11 is 0. The zero-order valence-corrected chi connectivity index (χ0v) is 7.63. The highest BCUT2D eigenvalue weighted by molar-refractivity contribution is 5.37. The summed E-state index contributed by atoms with van der Waals surface area (Å²) in [5.74, 6) is -1.55. The summed E-state index contributed by atoms with van der Waals surface area (Å²) in [5.41, 5.74) is 5.41. The molecule has 0 aliphatic rings. The highest BCUT2D eigenvalue weighted by Gasteiger charge is 2.17. The fourth-order valence-electron chi connectivity index (χ4n) is 1.18. The van der Waals surface area contributed by atoms with Gasteiger partial charge in [-0.25, -0.2) is 8.78 Å². The predicted molar refractivity (Wildman–Crippen MR) is 46.9 cm³/mol. The Morgan fingerprint density at radius 1 is 1.50 bits per heavy atom. The van der Waals surface area contributed by atoms with E-state index in [0.717, 1.165) is 6.07 Å². The second kappa shape index (κ2) is 4.34. The van der Waals surface area contributed by atoms with Crippen molar-refractivity contribution in [2.75, 3.05) is 13.7 Å². The standard InChI is InChI=1S/C9H11F2NO2/c1-14-8-3-5(10)2-6(11)9(8)7(12)4-13/h2-3,7,13H,4,12H2,1H3. The zero-order valence-electron chi connectivity index (χ0n) is 7.63. The number of methoxy groups -OCH3 is 1. The fraction of sp³-hybridized carbons (Fsp3) is 0.333. The third-order valence-electron chi connectivity index (χ3n) is 1.84. The van der Waals surface area contributed by atoms with Gasteiger partial charge in [-0.1, -0.05) is 0 Å². The summed E-state index contributed by atoms with van der Waals surface area (Å²) in [6, 6.07) is 0.812. The van der Waals surface area contributed by atoms with E-state index in [9.17, 15) is 8.78 Å². The van der Waals surface area contributed by atoms with Gasteiger partial charge in [-0.15, -0.1) is 0 Å². The van der Waals surface area contributed by atoms with Crippen LogP contribution in [0.1, 0.15) is 11.6 Å². The number of hydrogen-bond acceptors (Lipinski definition) is 3. The molecule has 1 aromatic carbocycles. The van der Waals surface area contributed by atoms with E-state index < -0.39 is 24.3 Å². The molecular formula is C9H11F2NO2. The van der Waals surface area contributed by atoms with Crippen LogP contribution in [0.15, 0.2) is 12.1 Å².